The molecule has 3 rings (SSSR count). The monoisotopic (exact) mass is 390 g/mol. The van der Waals surface area contributed by atoms with E-state index in [0.717, 1.165) is 12.1 Å². The van der Waals surface area contributed by atoms with E-state index < -0.39 is 33.6 Å². The highest BCUT2D eigenvalue weighted by Crippen LogP contribution is 2.26. The second-order valence-corrected chi connectivity index (χ2v) is 7.70. The van der Waals surface area contributed by atoms with Gasteiger partial charge in [-0.2, -0.15) is 0 Å². The van der Waals surface area contributed by atoms with Crippen molar-refractivity contribution < 1.29 is 33.0 Å². The van der Waals surface area contributed by atoms with E-state index in [1.54, 1.807) is 0 Å². The van der Waals surface area contributed by atoms with Gasteiger partial charge in [0, 0.05) is 17.7 Å². The van der Waals surface area contributed by atoms with Crippen molar-refractivity contribution >= 4 is 39.2 Å². The van der Waals surface area contributed by atoms with E-state index in [0.29, 0.717) is 4.31 Å². The number of nitrogens with zero attached hydrogens (tertiary/aromatic N) is 1. The minimum Gasteiger partial charge on any atom is -0.507 e. The molecule has 0 spiro atoms. The van der Waals surface area contributed by atoms with Gasteiger partial charge in [0.15, 0.2) is 0 Å². The van der Waals surface area contributed by atoms with Gasteiger partial charge in [0.2, 0.25) is 15.9 Å². The number of benzene rings is 2. The van der Waals surface area contributed by atoms with E-state index in [2.05, 4.69) is 5.32 Å². The van der Waals surface area contributed by atoms with Crippen LogP contribution in [0.25, 0.3) is 0 Å². The number of aromatic carboxylic acids is 1. The van der Waals surface area contributed by atoms with Gasteiger partial charge in [0.25, 0.3) is 5.91 Å². The summed E-state index contributed by atoms with van der Waals surface area (Å²) >= 11 is 0. The number of hydrogen-bond acceptors (Lipinski definition) is 6. The van der Waals surface area contributed by atoms with Gasteiger partial charge >= 0.3 is 5.97 Å². The number of carbonyl (C=O) groups is 3. The van der Waals surface area contributed by atoms with Crippen molar-refractivity contribution in [2.24, 2.45) is 0 Å². The molecule has 0 unspecified atom stereocenters. The number of amides is 2. The van der Waals surface area contributed by atoms with Crippen molar-refractivity contribution in [2.75, 3.05) is 15.4 Å². The second-order valence-electron chi connectivity index (χ2n) is 5.77. The summed E-state index contributed by atoms with van der Waals surface area (Å²) in [5.74, 6) is -3.29. The lowest BCUT2D eigenvalue weighted by Gasteiger charge is -2.16. The molecular formula is C17H14N2O7S. The van der Waals surface area contributed by atoms with Gasteiger partial charge in [-0.05, 0) is 36.4 Å². The molecule has 9 nitrogen and oxygen atoms in total. The van der Waals surface area contributed by atoms with Crippen LogP contribution in [0.1, 0.15) is 27.1 Å². The number of phenols is 1. The molecule has 1 aliphatic heterocycles. The summed E-state index contributed by atoms with van der Waals surface area (Å²) in [5, 5.41) is 21.0. The van der Waals surface area contributed by atoms with Crippen LogP contribution in [0.5, 0.6) is 5.75 Å². The molecule has 3 N–H and O–H groups in total. The van der Waals surface area contributed by atoms with Crippen molar-refractivity contribution in [1.29, 1.82) is 0 Å². The van der Waals surface area contributed by atoms with Crippen LogP contribution in [-0.4, -0.2) is 42.2 Å². The predicted molar refractivity (Wildman–Crippen MR) is 95.4 cm³/mol. The van der Waals surface area contributed by atoms with E-state index in [-0.39, 0.29) is 34.7 Å². The van der Waals surface area contributed by atoms with Gasteiger partial charge in [0.1, 0.15) is 11.3 Å². The summed E-state index contributed by atoms with van der Waals surface area (Å²) in [5.41, 5.74) is -0.116. The number of anilines is 2. The molecule has 27 heavy (non-hydrogen) atoms. The Morgan fingerprint density at radius 2 is 1.85 bits per heavy atom. The summed E-state index contributed by atoms with van der Waals surface area (Å²) in [7, 11) is -3.75. The maximum Gasteiger partial charge on any atom is 0.339 e. The van der Waals surface area contributed by atoms with E-state index in [4.69, 9.17) is 5.11 Å². The van der Waals surface area contributed by atoms with Crippen molar-refractivity contribution in [1.82, 2.24) is 0 Å². The summed E-state index contributed by atoms with van der Waals surface area (Å²) in [6.45, 7) is 0. The maximum atomic E-state index is 12.4. The second kappa shape index (κ2) is 6.72. The molecule has 0 bridgehead atoms. The maximum absolute atomic E-state index is 12.4. The summed E-state index contributed by atoms with van der Waals surface area (Å²) in [6, 6.07) is 9.06. The van der Waals surface area contributed by atoms with Crippen LogP contribution in [0.3, 0.4) is 0 Å². The van der Waals surface area contributed by atoms with Crippen molar-refractivity contribution in [3.05, 3.63) is 53.6 Å². The lowest BCUT2D eigenvalue weighted by Crippen LogP contribution is -2.29. The van der Waals surface area contributed by atoms with Crippen LogP contribution >= 0.6 is 0 Å². The molecule has 1 heterocycles. The number of hydrogen-bond donors (Lipinski definition) is 3. The van der Waals surface area contributed by atoms with Crippen LogP contribution in [0, 0.1) is 0 Å². The minimum atomic E-state index is -3.75. The van der Waals surface area contributed by atoms with Gasteiger partial charge in [-0.25, -0.2) is 17.5 Å². The number of sulfonamides is 1. The van der Waals surface area contributed by atoms with Gasteiger partial charge in [-0.15, -0.1) is 0 Å². The molecule has 2 aromatic carbocycles. The lowest BCUT2D eigenvalue weighted by atomic mass is 10.1. The molecule has 2 amide bonds. The fourth-order valence-electron chi connectivity index (χ4n) is 2.63. The Kier molecular flexibility index (Phi) is 4.58. The van der Waals surface area contributed by atoms with Crippen LogP contribution < -0.4 is 9.62 Å². The molecule has 1 fully saturated rings. The average molecular weight is 390 g/mol. The highest BCUT2D eigenvalue weighted by atomic mass is 32.2. The van der Waals surface area contributed by atoms with Gasteiger partial charge in [-0.3, -0.25) is 9.59 Å². The third-order valence-corrected chi connectivity index (χ3v) is 5.60. The van der Waals surface area contributed by atoms with E-state index in [9.17, 15) is 27.9 Å². The molecule has 1 aliphatic rings. The van der Waals surface area contributed by atoms with Crippen LogP contribution in [0.4, 0.5) is 11.4 Å². The summed E-state index contributed by atoms with van der Waals surface area (Å²) in [6.07, 6.45) is -0.121. The number of carboxylic acid groups (broad SMARTS) is 1. The smallest absolute Gasteiger partial charge is 0.339 e. The largest absolute Gasteiger partial charge is 0.507 e. The Labute approximate surface area is 153 Å². The fourth-order valence-corrected chi connectivity index (χ4v) is 4.08. The third kappa shape index (κ3) is 3.60. The molecular weight excluding hydrogens is 376 g/mol. The highest BCUT2D eigenvalue weighted by molar-refractivity contribution is 7.94. The minimum absolute atomic E-state index is 0.0575. The van der Waals surface area contributed by atoms with Crippen molar-refractivity contribution in [3.8, 4) is 5.75 Å². The first-order chi connectivity index (χ1) is 12.7. The van der Waals surface area contributed by atoms with Crippen molar-refractivity contribution in [2.45, 2.75) is 6.42 Å². The summed E-state index contributed by atoms with van der Waals surface area (Å²) < 4.78 is 24.7. The molecule has 0 radical (unpaired) electrons. The van der Waals surface area contributed by atoms with Gasteiger partial charge < -0.3 is 15.5 Å². The van der Waals surface area contributed by atoms with Gasteiger partial charge in [0.05, 0.1) is 11.4 Å². The standard InChI is InChI=1S/C17H14N2O7S/c20-14-5-4-11(9-13(14)17(23)24)18-16(22)10-2-1-3-12(8-10)19-15(21)6-7-27(19,25)26/h1-5,8-9,20H,6-7H2,(H,18,22)(H,23,24). The Balaban J connectivity index is 1.88. The summed E-state index contributed by atoms with van der Waals surface area (Å²) in [4.78, 5) is 35.3. The van der Waals surface area contributed by atoms with E-state index in [1.807, 2.05) is 0 Å². The first kappa shape index (κ1) is 18.4. The quantitative estimate of drug-likeness (QED) is 0.670. The van der Waals surface area contributed by atoms with E-state index in [1.165, 1.54) is 30.3 Å². The molecule has 0 saturated carbocycles. The molecule has 0 aliphatic carbocycles. The highest BCUT2D eigenvalue weighted by Gasteiger charge is 2.36. The molecule has 0 atom stereocenters. The van der Waals surface area contributed by atoms with E-state index >= 15 is 0 Å². The Morgan fingerprint density at radius 3 is 2.48 bits per heavy atom. The zero-order valence-corrected chi connectivity index (χ0v) is 14.6. The first-order valence-corrected chi connectivity index (χ1v) is 9.33. The number of carboxylic acids is 1. The Bertz CT molecular complexity index is 1060. The molecule has 2 aromatic rings. The fraction of sp³-hybridized carbons (Fsp3) is 0.118. The predicted octanol–water partition coefficient (Wildman–Crippen LogP) is 1.41. The average Bonchev–Trinajstić information content (AvgIpc) is 2.89. The molecule has 1 saturated heterocycles. The number of nitrogens with one attached hydrogen (secondary N) is 1. The lowest BCUT2D eigenvalue weighted by molar-refractivity contribution is -0.116. The zero-order chi connectivity index (χ0) is 19.8. The SMILES string of the molecule is O=C(Nc1ccc(O)c(C(=O)O)c1)c1cccc(N2C(=O)CCS2(=O)=O)c1. The number of carbonyl (C=O) groups excluding carboxylic acids is 2. The molecule has 10 heteroatoms. The Hall–Kier alpha value is -3.40. The van der Waals surface area contributed by atoms with Gasteiger partial charge in [-0.1, -0.05) is 6.07 Å². The first-order valence-electron chi connectivity index (χ1n) is 7.72. The Morgan fingerprint density at radius 1 is 1.11 bits per heavy atom. The van der Waals surface area contributed by atoms with Crippen LogP contribution in [-0.2, 0) is 14.8 Å². The molecule has 140 valence electrons. The van der Waals surface area contributed by atoms with Crippen LogP contribution in [0.15, 0.2) is 42.5 Å². The normalized spacial score (nSPS) is 15.6. The topological polar surface area (TPSA) is 141 Å². The number of aromatic hydroxyl groups is 1. The zero-order valence-electron chi connectivity index (χ0n) is 13.7. The van der Waals surface area contributed by atoms with Crippen molar-refractivity contribution in [3.63, 3.8) is 0 Å². The third-order valence-electron chi connectivity index (χ3n) is 3.91. The van der Waals surface area contributed by atoms with Crippen LogP contribution in [0.2, 0.25) is 0 Å². The molecule has 0 aromatic heterocycles. The number of rotatable bonds is 4.